The van der Waals surface area contributed by atoms with Gasteiger partial charge in [-0.3, -0.25) is 9.59 Å². The fourth-order valence-electron chi connectivity index (χ4n) is 3.18. The van der Waals surface area contributed by atoms with Crippen molar-refractivity contribution in [1.29, 1.82) is 0 Å². The number of carbonyl (C=O) groups is 2. The van der Waals surface area contributed by atoms with Gasteiger partial charge in [-0.15, -0.1) is 0 Å². The van der Waals surface area contributed by atoms with Crippen LogP contribution in [0.25, 0.3) is 0 Å². The van der Waals surface area contributed by atoms with Crippen molar-refractivity contribution in [3.8, 4) is 0 Å². The van der Waals surface area contributed by atoms with E-state index in [0.717, 1.165) is 77.5 Å². The van der Waals surface area contributed by atoms with E-state index in [4.69, 9.17) is 0 Å². The molecule has 0 atom stereocenters. The number of rotatable bonds is 14. The highest BCUT2D eigenvalue weighted by Crippen LogP contribution is 2.14. The molecule has 4 nitrogen and oxygen atoms in total. The summed E-state index contributed by atoms with van der Waals surface area (Å²) in [6.07, 6.45) is 8.31. The third-order valence-corrected chi connectivity index (χ3v) is 5.06. The van der Waals surface area contributed by atoms with Gasteiger partial charge < -0.3 is 9.80 Å². The summed E-state index contributed by atoms with van der Waals surface area (Å²) in [6, 6.07) is 7.31. The molecule has 2 amide bonds. The summed E-state index contributed by atoms with van der Waals surface area (Å²) in [5, 5.41) is 0. The molecule has 0 aliphatic rings. The van der Waals surface area contributed by atoms with Gasteiger partial charge in [-0.1, -0.05) is 59.4 Å². The van der Waals surface area contributed by atoms with Crippen LogP contribution in [0.3, 0.4) is 0 Å². The van der Waals surface area contributed by atoms with Crippen molar-refractivity contribution in [1.82, 2.24) is 9.80 Å². The predicted molar refractivity (Wildman–Crippen MR) is 118 cm³/mol. The van der Waals surface area contributed by atoms with Gasteiger partial charge in [-0.25, -0.2) is 0 Å². The second-order valence-corrected chi connectivity index (χ2v) is 7.58. The van der Waals surface area contributed by atoms with Crippen molar-refractivity contribution >= 4 is 11.8 Å². The first-order valence-corrected chi connectivity index (χ1v) is 11.3. The Kier molecular flexibility index (Phi) is 12.3. The fraction of sp³-hybridized carbons (Fsp3) is 0.667. The lowest BCUT2D eigenvalue weighted by Crippen LogP contribution is -2.34. The molecular formula is C24H40N2O2. The number of benzene rings is 1. The molecule has 1 aromatic carbocycles. The lowest BCUT2D eigenvalue weighted by molar-refractivity contribution is 0.0749. The first-order chi connectivity index (χ1) is 13.6. The van der Waals surface area contributed by atoms with E-state index in [2.05, 4.69) is 27.7 Å². The average molecular weight is 389 g/mol. The van der Waals surface area contributed by atoms with Gasteiger partial charge in [-0.2, -0.15) is 0 Å². The lowest BCUT2D eigenvalue weighted by atomic mass is 10.1. The summed E-state index contributed by atoms with van der Waals surface area (Å²) in [6.45, 7) is 11.7. The SMILES string of the molecule is CCCCN(CCCC)C(=O)c1cccc(C(=O)N(CCCC)CCCC)c1. The van der Waals surface area contributed by atoms with Crippen LogP contribution < -0.4 is 0 Å². The van der Waals surface area contributed by atoms with Crippen LogP contribution in [0.15, 0.2) is 24.3 Å². The van der Waals surface area contributed by atoms with Gasteiger partial charge in [0.25, 0.3) is 11.8 Å². The number of nitrogens with zero attached hydrogens (tertiary/aromatic N) is 2. The van der Waals surface area contributed by atoms with Crippen LogP contribution in [-0.4, -0.2) is 47.8 Å². The van der Waals surface area contributed by atoms with Gasteiger partial charge in [0.2, 0.25) is 0 Å². The summed E-state index contributed by atoms with van der Waals surface area (Å²) in [5.41, 5.74) is 1.26. The molecule has 0 fully saturated rings. The quantitative estimate of drug-likeness (QED) is 0.406. The topological polar surface area (TPSA) is 40.6 Å². The van der Waals surface area contributed by atoms with Crippen LogP contribution in [0, 0.1) is 0 Å². The third-order valence-electron chi connectivity index (χ3n) is 5.06. The number of unbranched alkanes of at least 4 members (excludes halogenated alkanes) is 4. The van der Waals surface area contributed by atoms with Gasteiger partial charge in [-0.05, 0) is 43.9 Å². The standard InChI is InChI=1S/C24H40N2O2/c1-5-9-16-25(17-10-6-2)23(27)21-14-13-15-22(20-21)24(28)26(18-11-7-3)19-12-8-4/h13-15,20H,5-12,16-19H2,1-4H3. The first-order valence-electron chi connectivity index (χ1n) is 11.3. The van der Waals surface area contributed by atoms with E-state index in [1.807, 2.05) is 28.0 Å². The highest BCUT2D eigenvalue weighted by atomic mass is 16.2. The van der Waals surface area contributed by atoms with Crippen LogP contribution in [-0.2, 0) is 0 Å². The van der Waals surface area contributed by atoms with Crippen molar-refractivity contribution in [2.45, 2.75) is 79.1 Å². The average Bonchev–Trinajstić information content (AvgIpc) is 2.73. The zero-order chi connectivity index (χ0) is 20.8. The molecule has 1 rings (SSSR count). The maximum Gasteiger partial charge on any atom is 0.253 e. The second-order valence-electron chi connectivity index (χ2n) is 7.58. The Morgan fingerprint density at radius 1 is 0.643 bits per heavy atom. The Labute approximate surface area is 172 Å². The summed E-state index contributed by atoms with van der Waals surface area (Å²) in [7, 11) is 0. The second kappa shape index (κ2) is 14.2. The molecule has 1 aromatic rings. The molecule has 0 heterocycles. The largest absolute Gasteiger partial charge is 0.339 e. The number of amides is 2. The van der Waals surface area contributed by atoms with E-state index in [1.54, 1.807) is 6.07 Å². The molecule has 0 aliphatic heterocycles. The Balaban J connectivity index is 2.97. The highest BCUT2D eigenvalue weighted by Gasteiger charge is 2.19. The van der Waals surface area contributed by atoms with Crippen LogP contribution >= 0.6 is 0 Å². The van der Waals surface area contributed by atoms with E-state index < -0.39 is 0 Å². The van der Waals surface area contributed by atoms with Crippen molar-refractivity contribution in [2.24, 2.45) is 0 Å². The van der Waals surface area contributed by atoms with Gasteiger partial charge in [0, 0.05) is 37.3 Å². The molecule has 0 saturated carbocycles. The Bertz CT molecular complexity index is 522. The van der Waals surface area contributed by atoms with Crippen molar-refractivity contribution in [2.75, 3.05) is 26.2 Å². The molecule has 0 saturated heterocycles. The van der Waals surface area contributed by atoms with E-state index in [0.29, 0.717) is 11.1 Å². The third kappa shape index (κ3) is 8.04. The molecule has 0 unspecified atom stereocenters. The molecule has 0 N–H and O–H groups in total. The van der Waals surface area contributed by atoms with E-state index in [1.165, 1.54) is 0 Å². The normalized spacial score (nSPS) is 10.7. The predicted octanol–water partition coefficient (Wildman–Crippen LogP) is 5.77. The molecule has 4 heteroatoms. The number of hydrogen-bond acceptors (Lipinski definition) is 2. The monoisotopic (exact) mass is 388 g/mol. The minimum Gasteiger partial charge on any atom is -0.339 e. The first kappa shape index (κ1) is 24.2. The molecule has 0 bridgehead atoms. The van der Waals surface area contributed by atoms with Gasteiger partial charge >= 0.3 is 0 Å². The molecule has 0 aromatic heterocycles. The fourth-order valence-corrected chi connectivity index (χ4v) is 3.18. The summed E-state index contributed by atoms with van der Waals surface area (Å²) in [4.78, 5) is 30.0. The Hall–Kier alpha value is -1.84. The lowest BCUT2D eigenvalue weighted by Gasteiger charge is -2.24. The van der Waals surface area contributed by atoms with Crippen LogP contribution in [0.4, 0.5) is 0 Å². The van der Waals surface area contributed by atoms with Crippen LogP contribution in [0.1, 0.15) is 99.8 Å². The van der Waals surface area contributed by atoms with Crippen LogP contribution in [0.2, 0.25) is 0 Å². The zero-order valence-corrected chi connectivity index (χ0v) is 18.5. The molecule has 0 radical (unpaired) electrons. The maximum absolute atomic E-state index is 13.0. The summed E-state index contributed by atoms with van der Waals surface area (Å²) in [5.74, 6) is 0.0930. The molecular weight excluding hydrogens is 348 g/mol. The Morgan fingerprint density at radius 3 is 1.25 bits per heavy atom. The van der Waals surface area contributed by atoms with E-state index in [-0.39, 0.29) is 11.8 Å². The van der Waals surface area contributed by atoms with Crippen LogP contribution in [0.5, 0.6) is 0 Å². The van der Waals surface area contributed by atoms with Crippen molar-refractivity contribution < 1.29 is 9.59 Å². The zero-order valence-electron chi connectivity index (χ0n) is 18.5. The van der Waals surface area contributed by atoms with Gasteiger partial charge in [0.15, 0.2) is 0 Å². The number of hydrogen-bond donors (Lipinski definition) is 0. The minimum atomic E-state index is 0.0465. The molecule has 0 spiro atoms. The van der Waals surface area contributed by atoms with E-state index in [9.17, 15) is 9.59 Å². The van der Waals surface area contributed by atoms with Gasteiger partial charge in [0.05, 0.1) is 0 Å². The molecule has 28 heavy (non-hydrogen) atoms. The maximum atomic E-state index is 13.0. The smallest absolute Gasteiger partial charge is 0.253 e. The van der Waals surface area contributed by atoms with Crippen molar-refractivity contribution in [3.05, 3.63) is 35.4 Å². The van der Waals surface area contributed by atoms with E-state index >= 15 is 0 Å². The minimum absolute atomic E-state index is 0.0465. The summed E-state index contributed by atoms with van der Waals surface area (Å²) >= 11 is 0. The van der Waals surface area contributed by atoms with Crippen molar-refractivity contribution in [3.63, 3.8) is 0 Å². The summed E-state index contributed by atoms with van der Waals surface area (Å²) < 4.78 is 0. The van der Waals surface area contributed by atoms with Gasteiger partial charge in [0.1, 0.15) is 0 Å². The molecule has 0 aliphatic carbocycles. The molecule has 158 valence electrons. The Morgan fingerprint density at radius 2 is 0.964 bits per heavy atom. The highest BCUT2D eigenvalue weighted by molar-refractivity contribution is 5.99. The number of carbonyl (C=O) groups excluding carboxylic acids is 2.